The first-order valence-electron chi connectivity index (χ1n) is 8.06. The van der Waals surface area contributed by atoms with Gasteiger partial charge in [-0.25, -0.2) is 9.98 Å². The third kappa shape index (κ3) is 3.32. The highest BCUT2D eigenvalue weighted by Crippen LogP contribution is 2.26. The number of methoxy groups -OCH3 is 1. The summed E-state index contributed by atoms with van der Waals surface area (Å²) in [6.45, 7) is 0. The highest BCUT2D eigenvalue weighted by molar-refractivity contribution is 6.30. The number of pyridine rings is 1. The minimum atomic E-state index is 0.630. The number of halogens is 1. The molecule has 2 aromatic carbocycles. The van der Waals surface area contributed by atoms with Crippen LogP contribution in [-0.4, -0.2) is 12.1 Å². The highest BCUT2D eigenvalue weighted by atomic mass is 35.5. The van der Waals surface area contributed by atoms with E-state index in [0.717, 1.165) is 22.1 Å². The Balaban J connectivity index is 1.99. The summed E-state index contributed by atoms with van der Waals surface area (Å²) in [6.07, 6.45) is 1.72. The number of aromatic nitrogens is 1. The van der Waals surface area contributed by atoms with E-state index in [1.807, 2.05) is 66.7 Å². The number of benzene rings is 2. The minimum absolute atomic E-state index is 0.630. The molecule has 0 radical (unpaired) electrons. The number of fused-ring (bicyclic) bond motifs is 1. The van der Waals surface area contributed by atoms with Crippen LogP contribution in [0.3, 0.4) is 0 Å². The summed E-state index contributed by atoms with van der Waals surface area (Å²) in [6, 6.07) is 20.7. The molecule has 0 amide bonds. The van der Waals surface area contributed by atoms with Gasteiger partial charge in [-0.1, -0.05) is 17.7 Å². The highest BCUT2D eigenvalue weighted by Gasteiger charge is 2.08. The summed E-state index contributed by atoms with van der Waals surface area (Å²) >= 11 is 5.99. The van der Waals surface area contributed by atoms with Crippen LogP contribution in [-0.2, 0) is 0 Å². The van der Waals surface area contributed by atoms with Gasteiger partial charge in [0.05, 0.1) is 12.5 Å². The number of hydrogen-bond donors (Lipinski definition) is 0. The second-order valence-corrected chi connectivity index (χ2v) is 6.10. The lowest BCUT2D eigenvalue weighted by molar-refractivity contribution is 0.415. The van der Waals surface area contributed by atoms with Crippen molar-refractivity contribution in [1.82, 2.24) is 4.98 Å². The van der Waals surface area contributed by atoms with Crippen molar-refractivity contribution in [3.05, 3.63) is 83.3 Å². The summed E-state index contributed by atoms with van der Waals surface area (Å²) in [7, 11) is 1.63. The van der Waals surface area contributed by atoms with Gasteiger partial charge in [-0.2, -0.15) is 0 Å². The zero-order valence-corrected chi connectivity index (χ0v) is 14.8. The molecule has 0 N–H and O–H groups in total. The van der Waals surface area contributed by atoms with Gasteiger partial charge < -0.3 is 9.15 Å². The van der Waals surface area contributed by atoms with Gasteiger partial charge in [0.2, 0.25) is 0 Å². The minimum Gasteiger partial charge on any atom is -0.497 e. The third-order valence-corrected chi connectivity index (χ3v) is 4.22. The molecule has 5 heteroatoms. The van der Waals surface area contributed by atoms with E-state index in [-0.39, 0.29) is 0 Å². The first-order valence-corrected chi connectivity index (χ1v) is 8.44. The van der Waals surface area contributed by atoms with Gasteiger partial charge in [-0.05, 0) is 54.6 Å². The van der Waals surface area contributed by atoms with Gasteiger partial charge in [0.1, 0.15) is 17.1 Å². The number of ether oxygens (including phenoxy) is 1. The maximum Gasteiger partial charge on any atom is 0.152 e. The van der Waals surface area contributed by atoms with Crippen LogP contribution in [0.4, 0.5) is 5.82 Å². The van der Waals surface area contributed by atoms with Crippen molar-refractivity contribution < 1.29 is 9.15 Å². The molecule has 2 heterocycles. The van der Waals surface area contributed by atoms with Crippen molar-refractivity contribution in [2.75, 3.05) is 7.11 Å². The van der Waals surface area contributed by atoms with Crippen LogP contribution >= 0.6 is 11.6 Å². The molecule has 4 rings (SSSR count). The second kappa shape index (κ2) is 7.02. The average Bonchev–Trinajstić information content (AvgIpc) is 2.69. The fourth-order valence-electron chi connectivity index (χ4n) is 2.67. The first kappa shape index (κ1) is 16.4. The Morgan fingerprint density at radius 2 is 1.85 bits per heavy atom. The smallest absolute Gasteiger partial charge is 0.152 e. The summed E-state index contributed by atoms with van der Waals surface area (Å²) in [5, 5.41) is 2.29. The largest absolute Gasteiger partial charge is 0.497 e. The molecule has 0 aliphatic heterocycles. The summed E-state index contributed by atoms with van der Waals surface area (Å²) in [5.74, 6) is 2.07. The molecule has 0 fully saturated rings. The predicted molar refractivity (Wildman–Crippen MR) is 103 cm³/mol. The van der Waals surface area contributed by atoms with Crippen LogP contribution in [0.25, 0.3) is 22.3 Å². The Labute approximate surface area is 155 Å². The van der Waals surface area contributed by atoms with Gasteiger partial charge in [0.15, 0.2) is 5.82 Å². The fraction of sp³-hybridized carbons (Fsp3) is 0.0476. The number of rotatable bonds is 3. The van der Waals surface area contributed by atoms with E-state index >= 15 is 0 Å². The topological polar surface area (TPSA) is 47.6 Å². The van der Waals surface area contributed by atoms with Gasteiger partial charge in [-0.3, -0.25) is 0 Å². The number of hydrogen-bond acceptors (Lipinski definition) is 4. The third-order valence-electron chi connectivity index (χ3n) is 3.96. The SMILES string of the molecule is COc1ccc2oc(-c3ccc(Cl)cc3)c/c(=N\c3ccccn3)c2c1. The molecule has 0 bridgehead atoms. The Morgan fingerprint density at radius 3 is 2.58 bits per heavy atom. The molecule has 0 spiro atoms. The van der Waals surface area contributed by atoms with E-state index in [0.29, 0.717) is 22.2 Å². The quantitative estimate of drug-likeness (QED) is 0.491. The van der Waals surface area contributed by atoms with Crippen molar-refractivity contribution in [3.63, 3.8) is 0 Å². The molecule has 0 saturated carbocycles. The van der Waals surface area contributed by atoms with Crippen LogP contribution in [0.1, 0.15) is 0 Å². The Kier molecular flexibility index (Phi) is 4.42. The van der Waals surface area contributed by atoms with Crippen LogP contribution in [0, 0.1) is 0 Å². The van der Waals surface area contributed by atoms with Crippen molar-refractivity contribution in [2.24, 2.45) is 4.99 Å². The van der Waals surface area contributed by atoms with Gasteiger partial charge in [0, 0.05) is 28.2 Å². The van der Waals surface area contributed by atoms with E-state index in [1.54, 1.807) is 13.3 Å². The average molecular weight is 363 g/mol. The van der Waals surface area contributed by atoms with Crippen molar-refractivity contribution >= 4 is 28.4 Å². The van der Waals surface area contributed by atoms with E-state index < -0.39 is 0 Å². The van der Waals surface area contributed by atoms with E-state index in [1.165, 1.54) is 0 Å². The van der Waals surface area contributed by atoms with Crippen molar-refractivity contribution in [3.8, 4) is 17.1 Å². The fourth-order valence-corrected chi connectivity index (χ4v) is 2.79. The standard InChI is InChI=1S/C21H15ClN2O2/c1-25-16-9-10-19-17(12-16)18(24-21-4-2-3-11-23-21)13-20(26-19)14-5-7-15(22)8-6-14/h2-13H,1H3/b24-18+. The molecule has 0 atom stereocenters. The molecule has 2 aromatic heterocycles. The van der Waals surface area contributed by atoms with Gasteiger partial charge >= 0.3 is 0 Å². The first-order chi connectivity index (χ1) is 12.7. The van der Waals surface area contributed by atoms with E-state index in [9.17, 15) is 0 Å². The van der Waals surface area contributed by atoms with Crippen LogP contribution in [0.2, 0.25) is 5.02 Å². The molecular formula is C21H15ClN2O2. The molecule has 26 heavy (non-hydrogen) atoms. The molecule has 0 aliphatic carbocycles. The van der Waals surface area contributed by atoms with Crippen LogP contribution in [0.15, 0.2) is 82.3 Å². The zero-order valence-electron chi connectivity index (χ0n) is 14.0. The Bertz CT molecular complexity index is 1120. The van der Waals surface area contributed by atoms with E-state index in [4.69, 9.17) is 25.7 Å². The normalized spacial score (nSPS) is 11.7. The zero-order chi connectivity index (χ0) is 17.9. The van der Waals surface area contributed by atoms with Crippen LogP contribution in [0.5, 0.6) is 5.75 Å². The van der Waals surface area contributed by atoms with Gasteiger partial charge in [0.25, 0.3) is 0 Å². The summed E-state index contributed by atoms with van der Waals surface area (Å²) in [4.78, 5) is 8.99. The van der Waals surface area contributed by atoms with Crippen molar-refractivity contribution in [2.45, 2.75) is 0 Å². The van der Waals surface area contributed by atoms with Crippen LogP contribution < -0.4 is 10.1 Å². The lowest BCUT2D eigenvalue weighted by Crippen LogP contribution is -2.04. The molecule has 4 nitrogen and oxygen atoms in total. The molecule has 4 aromatic rings. The molecule has 0 unspecified atom stereocenters. The maximum atomic E-state index is 6.09. The Hall–Kier alpha value is -3.11. The number of nitrogens with zero attached hydrogens (tertiary/aromatic N) is 2. The lowest BCUT2D eigenvalue weighted by atomic mass is 10.1. The Morgan fingerprint density at radius 1 is 1.00 bits per heavy atom. The predicted octanol–water partition coefficient (Wildman–Crippen LogP) is 5.39. The molecule has 0 saturated heterocycles. The van der Waals surface area contributed by atoms with E-state index in [2.05, 4.69) is 4.98 Å². The van der Waals surface area contributed by atoms with Gasteiger partial charge in [-0.15, -0.1) is 0 Å². The monoisotopic (exact) mass is 362 g/mol. The molecule has 128 valence electrons. The molecular weight excluding hydrogens is 348 g/mol. The lowest BCUT2D eigenvalue weighted by Gasteiger charge is -2.07. The summed E-state index contributed by atoms with van der Waals surface area (Å²) < 4.78 is 11.4. The van der Waals surface area contributed by atoms with Crippen molar-refractivity contribution in [1.29, 1.82) is 0 Å². The maximum absolute atomic E-state index is 6.09. The second-order valence-electron chi connectivity index (χ2n) is 5.66. The molecule has 0 aliphatic rings. The summed E-state index contributed by atoms with van der Waals surface area (Å²) in [5.41, 5.74) is 1.64.